The lowest BCUT2D eigenvalue weighted by Gasteiger charge is -2.23. The first-order valence-electron chi connectivity index (χ1n) is 9.71. The molecule has 0 saturated heterocycles. The highest BCUT2D eigenvalue weighted by molar-refractivity contribution is 7.92. The monoisotopic (exact) mass is 468 g/mol. The van der Waals surface area contributed by atoms with Crippen molar-refractivity contribution in [2.24, 2.45) is 0 Å². The molecule has 1 unspecified atom stereocenters. The lowest BCUT2D eigenvalue weighted by Crippen LogP contribution is -2.41. The molecule has 2 aromatic carbocycles. The van der Waals surface area contributed by atoms with Crippen LogP contribution in [-0.4, -0.2) is 48.4 Å². The summed E-state index contributed by atoms with van der Waals surface area (Å²) < 4.78 is 54.2. The Hall–Kier alpha value is -2.59. The molecular weight excluding hydrogens is 440 g/mol. The van der Waals surface area contributed by atoms with Crippen LogP contribution in [0.1, 0.15) is 31.9 Å². The standard InChI is InChI=1S/C21H28N2O6S2/c1-5-14-29-19-10-8-18(9-11-19)23(31(4,27)28)15-21(24)22-16(2)17-6-12-20(13-7-17)30(3,25)26/h6-13,16H,5,14-15H2,1-4H3,(H,22,24). The summed E-state index contributed by atoms with van der Waals surface area (Å²) in [6.07, 6.45) is 3.01. The van der Waals surface area contributed by atoms with Crippen molar-refractivity contribution in [2.45, 2.75) is 31.2 Å². The van der Waals surface area contributed by atoms with Gasteiger partial charge in [0.25, 0.3) is 0 Å². The van der Waals surface area contributed by atoms with Crippen LogP contribution in [0.15, 0.2) is 53.4 Å². The van der Waals surface area contributed by atoms with Crippen LogP contribution < -0.4 is 14.4 Å². The number of anilines is 1. The average molecular weight is 469 g/mol. The number of ether oxygens (including phenoxy) is 1. The number of nitrogens with zero attached hydrogens (tertiary/aromatic N) is 1. The molecule has 2 rings (SSSR count). The van der Waals surface area contributed by atoms with Gasteiger partial charge in [0.05, 0.1) is 29.5 Å². The quantitative estimate of drug-likeness (QED) is 0.574. The highest BCUT2D eigenvalue weighted by atomic mass is 32.2. The van der Waals surface area contributed by atoms with E-state index >= 15 is 0 Å². The van der Waals surface area contributed by atoms with Crippen LogP contribution in [0.5, 0.6) is 5.75 Å². The second-order valence-corrected chi connectivity index (χ2v) is 11.2. The minimum Gasteiger partial charge on any atom is -0.494 e. The van der Waals surface area contributed by atoms with E-state index in [9.17, 15) is 21.6 Å². The summed E-state index contributed by atoms with van der Waals surface area (Å²) in [6, 6.07) is 12.2. The Morgan fingerprint density at radius 1 is 1.00 bits per heavy atom. The smallest absolute Gasteiger partial charge is 0.241 e. The third kappa shape index (κ3) is 7.25. The Morgan fingerprint density at radius 3 is 2.06 bits per heavy atom. The van der Waals surface area contributed by atoms with Crippen LogP contribution in [0, 0.1) is 0 Å². The summed E-state index contributed by atoms with van der Waals surface area (Å²) in [7, 11) is -7.01. The molecule has 0 bridgehead atoms. The van der Waals surface area contributed by atoms with Gasteiger partial charge < -0.3 is 10.1 Å². The zero-order valence-corrected chi connectivity index (χ0v) is 19.7. The average Bonchev–Trinajstić information content (AvgIpc) is 2.69. The third-order valence-corrected chi connectivity index (χ3v) is 6.74. The molecule has 1 amide bonds. The predicted molar refractivity (Wildman–Crippen MR) is 121 cm³/mol. The van der Waals surface area contributed by atoms with Crippen molar-refractivity contribution in [2.75, 3.05) is 30.0 Å². The first-order valence-corrected chi connectivity index (χ1v) is 13.5. The highest BCUT2D eigenvalue weighted by Gasteiger charge is 2.22. The van der Waals surface area contributed by atoms with Crippen molar-refractivity contribution in [1.82, 2.24) is 5.32 Å². The van der Waals surface area contributed by atoms with Crippen LogP contribution in [0.2, 0.25) is 0 Å². The Balaban J connectivity index is 2.10. The van der Waals surface area contributed by atoms with Crippen LogP contribution in [-0.2, 0) is 24.7 Å². The molecule has 0 aliphatic carbocycles. The van der Waals surface area contributed by atoms with E-state index in [0.717, 1.165) is 23.2 Å². The molecule has 1 N–H and O–H groups in total. The van der Waals surface area contributed by atoms with Gasteiger partial charge in [-0.3, -0.25) is 9.10 Å². The molecule has 0 aliphatic heterocycles. The first-order chi connectivity index (χ1) is 14.4. The normalized spacial score (nSPS) is 12.8. The second kappa shape index (κ2) is 10.1. The Labute approximate surface area is 184 Å². The van der Waals surface area contributed by atoms with E-state index in [2.05, 4.69) is 5.32 Å². The molecular formula is C21H28N2O6S2. The van der Waals surface area contributed by atoms with Crippen LogP contribution in [0.25, 0.3) is 0 Å². The summed E-state index contributed by atoms with van der Waals surface area (Å²) in [5.74, 6) is 0.131. The van der Waals surface area contributed by atoms with E-state index in [4.69, 9.17) is 4.74 Å². The van der Waals surface area contributed by atoms with Gasteiger partial charge in [0.1, 0.15) is 12.3 Å². The molecule has 170 valence electrons. The van der Waals surface area contributed by atoms with Gasteiger partial charge in [-0.1, -0.05) is 19.1 Å². The topological polar surface area (TPSA) is 110 Å². The molecule has 0 aliphatic rings. The molecule has 2 aromatic rings. The van der Waals surface area contributed by atoms with Gasteiger partial charge in [-0.2, -0.15) is 0 Å². The van der Waals surface area contributed by atoms with E-state index in [1.165, 1.54) is 12.1 Å². The number of sulfone groups is 1. The van der Waals surface area contributed by atoms with Crippen molar-refractivity contribution < 1.29 is 26.4 Å². The number of amides is 1. The molecule has 10 heteroatoms. The summed E-state index contributed by atoms with van der Waals surface area (Å²) in [5.41, 5.74) is 1.05. The maximum atomic E-state index is 12.6. The number of carbonyl (C=O) groups is 1. The van der Waals surface area contributed by atoms with E-state index in [-0.39, 0.29) is 11.4 Å². The van der Waals surface area contributed by atoms with Crippen molar-refractivity contribution in [3.8, 4) is 5.75 Å². The van der Waals surface area contributed by atoms with E-state index < -0.39 is 31.8 Å². The van der Waals surface area contributed by atoms with E-state index in [0.29, 0.717) is 23.6 Å². The van der Waals surface area contributed by atoms with Crippen molar-refractivity contribution in [3.63, 3.8) is 0 Å². The maximum absolute atomic E-state index is 12.6. The van der Waals surface area contributed by atoms with Gasteiger partial charge in [0.2, 0.25) is 15.9 Å². The van der Waals surface area contributed by atoms with Crippen molar-refractivity contribution in [1.29, 1.82) is 0 Å². The zero-order chi connectivity index (χ0) is 23.2. The molecule has 0 spiro atoms. The minimum atomic E-state index is -3.70. The van der Waals surface area contributed by atoms with Crippen LogP contribution in [0.3, 0.4) is 0 Å². The first kappa shape index (κ1) is 24.7. The van der Waals surface area contributed by atoms with Gasteiger partial charge in [-0.15, -0.1) is 0 Å². The fourth-order valence-corrected chi connectivity index (χ4v) is 4.32. The fraction of sp³-hybridized carbons (Fsp3) is 0.381. The maximum Gasteiger partial charge on any atom is 0.241 e. The molecule has 0 aromatic heterocycles. The zero-order valence-electron chi connectivity index (χ0n) is 18.0. The Kier molecular flexibility index (Phi) is 8.08. The summed E-state index contributed by atoms with van der Waals surface area (Å²) in [5, 5.41) is 2.75. The Morgan fingerprint density at radius 2 is 1.58 bits per heavy atom. The van der Waals surface area contributed by atoms with Crippen molar-refractivity contribution in [3.05, 3.63) is 54.1 Å². The molecule has 0 saturated carbocycles. The summed E-state index contributed by atoms with van der Waals surface area (Å²) in [4.78, 5) is 12.7. The van der Waals surface area contributed by atoms with Crippen LogP contribution >= 0.6 is 0 Å². The van der Waals surface area contributed by atoms with Gasteiger partial charge in [0.15, 0.2) is 9.84 Å². The number of sulfonamides is 1. The van der Waals surface area contributed by atoms with E-state index in [1.807, 2.05) is 6.92 Å². The highest BCUT2D eigenvalue weighted by Crippen LogP contribution is 2.22. The van der Waals surface area contributed by atoms with Gasteiger partial charge in [-0.25, -0.2) is 16.8 Å². The lowest BCUT2D eigenvalue weighted by atomic mass is 10.1. The number of nitrogens with one attached hydrogen (secondary N) is 1. The molecule has 0 heterocycles. The van der Waals surface area contributed by atoms with Gasteiger partial charge >= 0.3 is 0 Å². The molecule has 0 radical (unpaired) electrons. The number of rotatable bonds is 10. The van der Waals surface area contributed by atoms with Gasteiger partial charge in [-0.05, 0) is 55.3 Å². The number of hydrogen-bond acceptors (Lipinski definition) is 6. The minimum absolute atomic E-state index is 0.185. The number of benzene rings is 2. The second-order valence-electron chi connectivity index (χ2n) is 7.24. The molecule has 0 fully saturated rings. The molecule has 1 atom stereocenters. The van der Waals surface area contributed by atoms with Gasteiger partial charge in [0, 0.05) is 6.26 Å². The summed E-state index contributed by atoms with van der Waals surface area (Å²) in [6.45, 7) is 3.89. The van der Waals surface area contributed by atoms with E-state index in [1.54, 1.807) is 43.3 Å². The Bertz CT molecular complexity index is 1100. The predicted octanol–water partition coefficient (Wildman–Crippen LogP) is 2.52. The number of hydrogen-bond donors (Lipinski definition) is 1. The molecule has 8 nitrogen and oxygen atoms in total. The largest absolute Gasteiger partial charge is 0.494 e. The fourth-order valence-electron chi connectivity index (χ4n) is 2.83. The lowest BCUT2D eigenvalue weighted by molar-refractivity contribution is -0.120. The summed E-state index contributed by atoms with van der Waals surface area (Å²) >= 11 is 0. The number of carbonyl (C=O) groups excluding carboxylic acids is 1. The van der Waals surface area contributed by atoms with Crippen LogP contribution in [0.4, 0.5) is 5.69 Å². The molecule has 31 heavy (non-hydrogen) atoms. The SMILES string of the molecule is CCCOc1ccc(N(CC(=O)NC(C)c2ccc(S(C)(=O)=O)cc2)S(C)(=O)=O)cc1. The van der Waals surface area contributed by atoms with Crippen molar-refractivity contribution >= 4 is 31.5 Å². The third-order valence-electron chi connectivity index (χ3n) is 4.47.